The van der Waals surface area contributed by atoms with Gasteiger partial charge in [0.2, 0.25) is 0 Å². The molecule has 5 heteroatoms. The normalized spacial score (nSPS) is 17.5. The second-order valence-corrected chi connectivity index (χ2v) is 9.92. The third-order valence-electron chi connectivity index (χ3n) is 5.59. The summed E-state index contributed by atoms with van der Waals surface area (Å²) < 4.78 is 2.12. The highest BCUT2D eigenvalue weighted by Crippen LogP contribution is 2.42. The Bertz CT molecular complexity index is 1110. The van der Waals surface area contributed by atoms with Crippen LogP contribution in [-0.4, -0.2) is 9.55 Å². The number of rotatable bonds is 1. The van der Waals surface area contributed by atoms with Gasteiger partial charge >= 0.3 is 0 Å². The summed E-state index contributed by atoms with van der Waals surface area (Å²) in [6.45, 7) is 8.97. The summed E-state index contributed by atoms with van der Waals surface area (Å²) in [6, 6.07) is 7.94. The fraction of sp³-hybridized carbons (Fsp3) is 0.429. The van der Waals surface area contributed by atoms with E-state index < -0.39 is 0 Å². The molecule has 1 unspecified atom stereocenters. The van der Waals surface area contributed by atoms with E-state index in [4.69, 9.17) is 12.2 Å². The number of benzene rings is 1. The summed E-state index contributed by atoms with van der Waals surface area (Å²) >= 11 is 7.25. The molecule has 0 bridgehead atoms. The molecule has 0 amide bonds. The number of hydrogen-bond acceptors (Lipinski definition) is 3. The smallest absolute Gasteiger partial charge is 0.267 e. The highest BCUT2D eigenvalue weighted by molar-refractivity contribution is 7.71. The van der Waals surface area contributed by atoms with Crippen LogP contribution in [0.4, 0.5) is 0 Å². The molecule has 1 aromatic carbocycles. The number of hydrogen-bond donors (Lipinski definition) is 1. The summed E-state index contributed by atoms with van der Waals surface area (Å²) in [5, 5.41) is 0.840. The molecule has 4 rings (SSSR count). The Labute approximate surface area is 162 Å². The third kappa shape index (κ3) is 2.87. The minimum absolute atomic E-state index is 0.0149. The van der Waals surface area contributed by atoms with Gasteiger partial charge in [0, 0.05) is 4.88 Å². The van der Waals surface area contributed by atoms with Gasteiger partial charge in [-0.05, 0) is 73.0 Å². The van der Waals surface area contributed by atoms with Crippen molar-refractivity contribution in [1.29, 1.82) is 0 Å². The van der Waals surface area contributed by atoms with Crippen LogP contribution >= 0.6 is 23.6 Å². The Balaban J connectivity index is 1.92. The van der Waals surface area contributed by atoms with Gasteiger partial charge in [-0.15, -0.1) is 11.3 Å². The van der Waals surface area contributed by atoms with Crippen LogP contribution in [0.2, 0.25) is 0 Å². The van der Waals surface area contributed by atoms with Gasteiger partial charge in [0.25, 0.3) is 5.56 Å². The molecule has 1 N–H and O–H groups in total. The van der Waals surface area contributed by atoms with Gasteiger partial charge in [-0.1, -0.05) is 32.9 Å². The molecular formula is C21H24N2OS2. The predicted octanol–water partition coefficient (Wildman–Crippen LogP) is 5.57. The molecule has 3 nitrogen and oxygen atoms in total. The number of thiophene rings is 1. The van der Waals surface area contributed by atoms with Crippen molar-refractivity contribution in [3.05, 3.63) is 55.4 Å². The number of fused-ring (bicyclic) bond motifs is 3. The highest BCUT2D eigenvalue weighted by Gasteiger charge is 2.31. The van der Waals surface area contributed by atoms with Crippen molar-refractivity contribution in [3.63, 3.8) is 0 Å². The maximum atomic E-state index is 13.4. The zero-order valence-electron chi connectivity index (χ0n) is 15.7. The van der Waals surface area contributed by atoms with Crippen molar-refractivity contribution < 1.29 is 0 Å². The first-order valence-electron chi connectivity index (χ1n) is 9.12. The number of H-pyrrole nitrogens is 1. The number of nitrogens with one attached hydrogen (secondary N) is 1. The van der Waals surface area contributed by atoms with Crippen molar-refractivity contribution >= 4 is 33.8 Å². The second kappa shape index (κ2) is 6.17. The van der Waals surface area contributed by atoms with E-state index >= 15 is 0 Å². The predicted molar refractivity (Wildman–Crippen MR) is 112 cm³/mol. The molecule has 0 aliphatic heterocycles. The van der Waals surface area contributed by atoms with Gasteiger partial charge in [0.15, 0.2) is 4.77 Å². The highest BCUT2D eigenvalue weighted by atomic mass is 32.1. The number of nitrogens with zero attached hydrogens (tertiary/aromatic N) is 1. The first-order valence-corrected chi connectivity index (χ1v) is 10.3. The van der Waals surface area contributed by atoms with Crippen LogP contribution in [0.5, 0.6) is 0 Å². The average molecular weight is 385 g/mol. The van der Waals surface area contributed by atoms with E-state index in [1.165, 1.54) is 10.4 Å². The quantitative estimate of drug-likeness (QED) is 0.557. The minimum atomic E-state index is 0.0149. The fourth-order valence-corrected chi connectivity index (χ4v) is 5.67. The Hall–Kier alpha value is -1.72. The van der Waals surface area contributed by atoms with Crippen LogP contribution in [-0.2, 0) is 12.8 Å². The number of aromatic amines is 1. The van der Waals surface area contributed by atoms with E-state index in [-0.39, 0.29) is 5.56 Å². The maximum Gasteiger partial charge on any atom is 0.267 e. The zero-order valence-corrected chi connectivity index (χ0v) is 17.3. The van der Waals surface area contributed by atoms with Crippen molar-refractivity contribution in [3.8, 4) is 5.69 Å². The standard InChI is InChI=1S/C21H24N2OS2/c1-12-6-5-7-14(10-12)23-19(24)17-15-9-8-13(21(2,3)4)11-16(15)26-18(17)22-20(23)25/h5-7,10,13H,8-9,11H2,1-4H3,(H,22,25). The summed E-state index contributed by atoms with van der Waals surface area (Å²) in [5.74, 6) is 0.657. The number of aryl methyl sites for hydroxylation is 2. The van der Waals surface area contributed by atoms with E-state index in [0.29, 0.717) is 16.1 Å². The van der Waals surface area contributed by atoms with Crippen molar-refractivity contribution in [2.75, 3.05) is 0 Å². The second-order valence-electron chi connectivity index (χ2n) is 8.42. The van der Waals surface area contributed by atoms with Crippen LogP contribution in [0.1, 0.15) is 43.2 Å². The molecule has 0 fully saturated rings. The average Bonchev–Trinajstić information content (AvgIpc) is 2.91. The SMILES string of the molecule is Cc1cccc(-n2c(=S)[nH]c3sc4c(c3c2=O)CCC(C(C)(C)C)C4)c1. The van der Waals surface area contributed by atoms with Gasteiger partial charge in [0.1, 0.15) is 4.83 Å². The van der Waals surface area contributed by atoms with Crippen LogP contribution < -0.4 is 5.56 Å². The summed E-state index contributed by atoms with van der Waals surface area (Å²) in [4.78, 5) is 19.0. The molecule has 0 spiro atoms. The van der Waals surface area contributed by atoms with Crippen LogP contribution in [0.15, 0.2) is 29.1 Å². The topological polar surface area (TPSA) is 37.8 Å². The van der Waals surface area contributed by atoms with Crippen molar-refractivity contribution in [1.82, 2.24) is 9.55 Å². The van der Waals surface area contributed by atoms with Crippen LogP contribution in [0.3, 0.4) is 0 Å². The van der Waals surface area contributed by atoms with Crippen LogP contribution in [0, 0.1) is 23.0 Å². The monoisotopic (exact) mass is 384 g/mol. The molecule has 26 heavy (non-hydrogen) atoms. The lowest BCUT2D eigenvalue weighted by Crippen LogP contribution is -2.27. The lowest BCUT2D eigenvalue weighted by molar-refractivity contribution is 0.218. The summed E-state index contributed by atoms with van der Waals surface area (Å²) in [6.07, 6.45) is 3.18. The van der Waals surface area contributed by atoms with E-state index in [1.807, 2.05) is 31.2 Å². The largest absolute Gasteiger partial charge is 0.323 e. The van der Waals surface area contributed by atoms with E-state index in [2.05, 4.69) is 25.8 Å². The number of aromatic nitrogens is 2. The Morgan fingerprint density at radius 3 is 2.77 bits per heavy atom. The minimum Gasteiger partial charge on any atom is -0.323 e. The lowest BCUT2D eigenvalue weighted by atomic mass is 9.72. The van der Waals surface area contributed by atoms with Crippen LogP contribution in [0.25, 0.3) is 15.9 Å². The van der Waals surface area contributed by atoms with Gasteiger partial charge in [-0.3, -0.25) is 9.36 Å². The fourth-order valence-electron chi connectivity index (χ4n) is 4.00. The van der Waals surface area contributed by atoms with Crippen molar-refractivity contribution in [2.24, 2.45) is 11.3 Å². The van der Waals surface area contributed by atoms with Gasteiger partial charge < -0.3 is 4.98 Å². The Kier molecular flexibility index (Phi) is 4.20. The first-order chi connectivity index (χ1) is 12.3. The van der Waals surface area contributed by atoms with Gasteiger partial charge in [-0.2, -0.15) is 0 Å². The third-order valence-corrected chi connectivity index (χ3v) is 7.04. The molecule has 1 aliphatic carbocycles. The molecule has 0 radical (unpaired) electrons. The first kappa shape index (κ1) is 17.7. The van der Waals surface area contributed by atoms with Crippen molar-refractivity contribution in [2.45, 2.75) is 47.0 Å². The molecular weight excluding hydrogens is 360 g/mol. The summed E-state index contributed by atoms with van der Waals surface area (Å²) in [7, 11) is 0. The van der Waals surface area contributed by atoms with E-state index in [1.54, 1.807) is 15.9 Å². The van der Waals surface area contributed by atoms with E-state index in [0.717, 1.165) is 40.7 Å². The maximum absolute atomic E-state index is 13.4. The Morgan fingerprint density at radius 1 is 1.31 bits per heavy atom. The molecule has 0 saturated carbocycles. The molecule has 0 saturated heterocycles. The van der Waals surface area contributed by atoms with Gasteiger partial charge in [0.05, 0.1) is 11.1 Å². The molecule has 2 heterocycles. The van der Waals surface area contributed by atoms with E-state index in [9.17, 15) is 4.79 Å². The molecule has 1 atom stereocenters. The lowest BCUT2D eigenvalue weighted by Gasteiger charge is -2.33. The van der Waals surface area contributed by atoms with Gasteiger partial charge in [-0.25, -0.2) is 0 Å². The Morgan fingerprint density at radius 2 is 2.08 bits per heavy atom. The molecule has 2 aromatic heterocycles. The zero-order chi connectivity index (χ0) is 18.6. The molecule has 3 aromatic rings. The molecule has 1 aliphatic rings. The summed E-state index contributed by atoms with van der Waals surface area (Å²) in [5.41, 5.74) is 3.50. The molecule has 136 valence electrons.